The van der Waals surface area contributed by atoms with Crippen LogP contribution < -0.4 is 0 Å². The normalized spacial score (nSPS) is 17.5. The monoisotopic (exact) mass is 336 g/mol. The molecule has 142 valence electrons. The van der Waals surface area contributed by atoms with Crippen molar-refractivity contribution in [2.24, 2.45) is 5.92 Å². The van der Waals surface area contributed by atoms with E-state index < -0.39 is 0 Å². The smallest absolute Gasteiger partial charge is 0.103 e. The summed E-state index contributed by atoms with van der Waals surface area (Å²) in [5, 5.41) is 0. The van der Waals surface area contributed by atoms with Crippen LogP contribution >= 0.6 is 0 Å². The molecule has 0 N–H and O–H groups in total. The van der Waals surface area contributed by atoms with Gasteiger partial charge in [0.05, 0.1) is 0 Å². The van der Waals surface area contributed by atoms with E-state index in [1.807, 2.05) is 0 Å². The fourth-order valence-electron chi connectivity index (χ4n) is 3.87. The molecule has 0 saturated carbocycles. The summed E-state index contributed by atoms with van der Waals surface area (Å²) in [5.41, 5.74) is 0. The molecule has 0 spiro atoms. The molecule has 1 aliphatic rings. The standard InChI is InChI=1S/C22H44N2/c1-5-7-9-11-12-14-16-18-24-20-19-23(22(24)21(3)4)17-15-13-10-8-6-2/h19-22H,5-18H2,1-4H3. The van der Waals surface area contributed by atoms with Crippen molar-refractivity contribution in [3.05, 3.63) is 12.4 Å². The second-order valence-electron chi connectivity index (χ2n) is 7.97. The Morgan fingerprint density at radius 1 is 0.625 bits per heavy atom. The zero-order chi connectivity index (χ0) is 17.6. The van der Waals surface area contributed by atoms with E-state index in [0.717, 1.165) is 0 Å². The minimum Gasteiger partial charge on any atom is -0.356 e. The summed E-state index contributed by atoms with van der Waals surface area (Å²) < 4.78 is 0. The largest absolute Gasteiger partial charge is 0.356 e. The van der Waals surface area contributed by atoms with Gasteiger partial charge in [0, 0.05) is 25.5 Å². The molecule has 2 heteroatoms. The Hall–Kier alpha value is -0.660. The SMILES string of the molecule is CCCCCCCCCN1C=CN(CCCCCCC)C1C(C)C. The Labute approximate surface area is 152 Å². The van der Waals surface area contributed by atoms with Crippen molar-refractivity contribution < 1.29 is 0 Å². The lowest BCUT2D eigenvalue weighted by molar-refractivity contribution is 0.104. The first-order chi connectivity index (χ1) is 11.7. The van der Waals surface area contributed by atoms with Crippen molar-refractivity contribution in [1.82, 2.24) is 9.80 Å². The van der Waals surface area contributed by atoms with E-state index in [1.165, 1.54) is 90.1 Å². The van der Waals surface area contributed by atoms with Crippen LogP contribution in [0, 0.1) is 5.92 Å². The molecular formula is C22H44N2. The van der Waals surface area contributed by atoms with Gasteiger partial charge >= 0.3 is 0 Å². The molecule has 1 atom stereocenters. The summed E-state index contributed by atoms with van der Waals surface area (Å²) in [6.45, 7) is 11.8. The topological polar surface area (TPSA) is 6.48 Å². The minimum atomic E-state index is 0.594. The number of hydrogen-bond donors (Lipinski definition) is 0. The van der Waals surface area contributed by atoms with Gasteiger partial charge in [0.15, 0.2) is 0 Å². The predicted octanol–water partition coefficient (Wildman–Crippen LogP) is 6.78. The summed E-state index contributed by atoms with van der Waals surface area (Å²) in [5.74, 6) is 0.695. The molecule has 0 saturated heterocycles. The molecule has 0 bridgehead atoms. The zero-order valence-electron chi connectivity index (χ0n) is 17.1. The Kier molecular flexibility index (Phi) is 12.1. The van der Waals surface area contributed by atoms with Crippen molar-refractivity contribution in [3.8, 4) is 0 Å². The lowest BCUT2D eigenvalue weighted by Gasteiger charge is -2.36. The van der Waals surface area contributed by atoms with E-state index in [0.29, 0.717) is 12.1 Å². The van der Waals surface area contributed by atoms with Gasteiger partial charge in [0.25, 0.3) is 0 Å². The molecule has 1 aliphatic heterocycles. The number of nitrogens with zero attached hydrogens (tertiary/aromatic N) is 2. The van der Waals surface area contributed by atoms with Gasteiger partial charge in [0.2, 0.25) is 0 Å². The highest BCUT2D eigenvalue weighted by molar-refractivity contribution is 4.98. The predicted molar refractivity (Wildman–Crippen MR) is 108 cm³/mol. The Morgan fingerprint density at radius 3 is 1.38 bits per heavy atom. The van der Waals surface area contributed by atoms with E-state index in [2.05, 4.69) is 49.9 Å². The third-order valence-corrected chi connectivity index (χ3v) is 5.27. The molecule has 2 nitrogen and oxygen atoms in total. The molecule has 0 aromatic heterocycles. The summed E-state index contributed by atoms with van der Waals surface area (Å²) in [4.78, 5) is 5.20. The van der Waals surface area contributed by atoms with Crippen LogP contribution in [0.2, 0.25) is 0 Å². The second kappa shape index (κ2) is 13.6. The van der Waals surface area contributed by atoms with Crippen LogP contribution in [-0.4, -0.2) is 29.1 Å². The third kappa shape index (κ3) is 8.44. The lowest BCUT2D eigenvalue weighted by Crippen LogP contribution is -2.43. The molecule has 1 heterocycles. The van der Waals surface area contributed by atoms with Gasteiger partial charge in [-0.25, -0.2) is 0 Å². The highest BCUT2D eigenvalue weighted by Crippen LogP contribution is 2.24. The molecule has 24 heavy (non-hydrogen) atoms. The maximum atomic E-state index is 2.60. The number of unbranched alkanes of at least 4 members (excludes halogenated alkanes) is 10. The average Bonchev–Trinajstić information content (AvgIpc) is 2.97. The van der Waals surface area contributed by atoms with E-state index in [1.54, 1.807) is 0 Å². The van der Waals surface area contributed by atoms with Crippen molar-refractivity contribution >= 4 is 0 Å². The maximum absolute atomic E-state index is 2.60. The van der Waals surface area contributed by atoms with Gasteiger partial charge in [-0.3, -0.25) is 0 Å². The van der Waals surface area contributed by atoms with Crippen molar-refractivity contribution in [3.63, 3.8) is 0 Å². The molecule has 1 rings (SSSR count). The summed E-state index contributed by atoms with van der Waals surface area (Å²) in [7, 11) is 0. The van der Waals surface area contributed by atoms with Crippen LogP contribution in [0.5, 0.6) is 0 Å². The molecule has 0 amide bonds. The van der Waals surface area contributed by atoms with Crippen LogP contribution in [-0.2, 0) is 0 Å². The summed E-state index contributed by atoms with van der Waals surface area (Å²) >= 11 is 0. The third-order valence-electron chi connectivity index (χ3n) is 5.27. The Morgan fingerprint density at radius 2 is 1.00 bits per heavy atom. The average molecular weight is 337 g/mol. The van der Waals surface area contributed by atoms with Gasteiger partial charge in [0.1, 0.15) is 6.17 Å². The van der Waals surface area contributed by atoms with E-state index in [4.69, 9.17) is 0 Å². The first-order valence-corrected chi connectivity index (χ1v) is 10.9. The van der Waals surface area contributed by atoms with E-state index in [-0.39, 0.29) is 0 Å². The molecule has 1 unspecified atom stereocenters. The van der Waals surface area contributed by atoms with Crippen molar-refractivity contribution in [2.75, 3.05) is 13.1 Å². The van der Waals surface area contributed by atoms with Crippen LogP contribution in [0.4, 0.5) is 0 Å². The lowest BCUT2D eigenvalue weighted by atomic mass is 10.1. The molecule has 0 radical (unpaired) electrons. The Balaban J connectivity index is 2.21. The van der Waals surface area contributed by atoms with Crippen molar-refractivity contribution in [2.45, 2.75) is 111 Å². The van der Waals surface area contributed by atoms with Crippen LogP contribution in [0.15, 0.2) is 12.4 Å². The highest BCUT2D eigenvalue weighted by atomic mass is 15.4. The van der Waals surface area contributed by atoms with Gasteiger partial charge in [-0.05, 0) is 18.8 Å². The number of rotatable bonds is 15. The van der Waals surface area contributed by atoms with Gasteiger partial charge in [-0.1, -0.05) is 91.9 Å². The van der Waals surface area contributed by atoms with E-state index >= 15 is 0 Å². The molecule has 0 fully saturated rings. The summed E-state index contributed by atoms with van der Waals surface area (Å²) in [6.07, 6.45) is 22.0. The fraction of sp³-hybridized carbons (Fsp3) is 0.909. The van der Waals surface area contributed by atoms with Gasteiger partial charge in [-0.15, -0.1) is 0 Å². The molecule has 0 aromatic rings. The quantitative estimate of drug-likeness (QED) is 0.304. The van der Waals surface area contributed by atoms with Crippen LogP contribution in [0.1, 0.15) is 105 Å². The molecule has 0 aromatic carbocycles. The van der Waals surface area contributed by atoms with E-state index in [9.17, 15) is 0 Å². The van der Waals surface area contributed by atoms with Crippen molar-refractivity contribution in [1.29, 1.82) is 0 Å². The highest BCUT2D eigenvalue weighted by Gasteiger charge is 2.27. The minimum absolute atomic E-state index is 0.594. The number of hydrogen-bond acceptors (Lipinski definition) is 2. The zero-order valence-corrected chi connectivity index (χ0v) is 17.1. The van der Waals surface area contributed by atoms with Gasteiger partial charge in [-0.2, -0.15) is 0 Å². The molecule has 0 aliphatic carbocycles. The second-order valence-corrected chi connectivity index (χ2v) is 7.97. The van der Waals surface area contributed by atoms with Gasteiger partial charge < -0.3 is 9.80 Å². The first-order valence-electron chi connectivity index (χ1n) is 10.9. The summed E-state index contributed by atoms with van der Waals surface area (Å²) in [6, 6.07) is 0. The fourth-order valence-corrected chi connectivity index (χ4v) is 3.87. The Bertz CT molecular complexity index is 311. The molecular weight excluding hydrogens is 292 g/mol. The van der Waals surface area contributed by atoms with Crippen LogP contribution in [0.25, 0.3) is 0 Å². The van der Waals surface area contributed by atoms with Crippen LogP contribution in [0.3, 0.4) is 0 Å². The maximum Gasteiger partial charge on any atom is 0.103 e. The first kappa shape index (κ1) is 21.4.